The topological polar surface area (TPSA) is 75.3 Å². The van der Waals surface area contributed by atoms with E-state index in [1.807, 2.05) is 32.2 Å². The zero-order chi connectivity index (χ0) is 16.3. The predicted molar refractivity (Wildman–Crippen MR) is 89.1 cm³/mol. The molecule has 0 radical (unpaired) electrons. The van der Waals surface area contributed by atoms with Gasteiger partial charge in [0.1, 0.15) is 5.75 Å². The highest BCUT2D eigenvalue weighted by Crippen LogP contribution is 2.36. The SMILES string of the molecule is Cc1c2ccnc(C(=O)O)c2cc2c3cc(O)ccc3n(C)c12. The number of aromatic nitrogens is 2. The largest absolute Gasteiger partial charge is 0.508 e. The molecule has 0 unspecified atom stereocenters. The Kier molecular flexibility index (Phi) is 2.63. The highest BCUT2D eigenvalue weighted by atomic mass is 16.4. The van der Waals surface area contributed by atoms with E-state index in [4.69, 9.17) is 0 Å². The number of phenolic OH excluding ortho intramolecular Hbond substituents is 1. The number of carboxylic acid groups (broad SMARTS) is 1. The molecule has 0 bridgehead atoms. The molecule has 2 aromatic carbocycles. The molecule has 4 aromatic rings. The van der Waals surface area contributed by atoms with Crippen molar-refractivity contribution in [2.75, 3.05) is 0 Å². The molecule has 2 aromatic heterocycles. The van der Waals surface area contributed by atoms with E-state index in [0.29, 0.717) is 5.39 Å². The molecule has 0 amide bonds. The Balaban J connectivity index is 2.32. The summed E-state index contributed by atoms with van der Waals surface area (Å²) in [5, 5.41) is 22.5. The van der Waals surface area contributed by atoms with Gasteiger partial charge in [-0.05, 0) is 48.2 Å². The molecule has 114 valence electrons. The second-order valence-electron chi connectivity index (χ2n) is 5.72. The molecule has 0 spiro atoms. The number of aromatic hydroxyl groups is 1. The van der Waals surface area contributed by atoms with Gasteiger partial charge >= 0.3 is 5.97 Å². The maximum absolute atomic E-state index is 11.5. The summed E-state index contributed by atoms with van der Waals surface area (Å²) in [5.74, 6) is -0.857. The first-order valence-corrected chi connectivity index (χ1v) is 7.21. The van der Waals surface area contributed by atoms with Crippen LogP contribution in [0.4, 0.5) is 0 Å². The van der Waals surface area contributed by atoms with Gasteiger partial charge in [0, 0.05) is 34.9 Å². The van der Waals surface area contributed by atoms with Crippen LogP contribution in [0, 0.1) is 6.92 Å². The van der Waals surface area contributed by atoms with Gasteiger partial charge in [0.15, 0.2) is 5.69 Å². The zero-order valence-corrected chi connectivity index (χ0v) is 12.7. The Hall–Kier alpha value is -3.08. The van der Waals surface area contributed by atoms with Crippen LogP contribution < -0.4 is 0 Å². The molecule has 5 nitrogen and oxygen atoms in total. The van der Waals surface area contributed by atoms with E-state index in [2.05, 4.69) is 9.55 Å². The van der Waals surface area contributed by atoms with Crippen molar-refractivity contribution in [1.29, 1.82) is 0 Å². The lowest BCUT2D eigenvalue weighted by molar-refractivity contribution is 0.0693. The van der Waals surface area contributed by atoms with E-state index in [-0.39, 0.29) is 11.4 Å². The van der Waals surface area contributed by atoms with E-state index in [1.165, 1.54) is 6.20 Å². The van der Waals surface area contributed by atoms with Crippen LogP contribution in [-0.2, 0) is 7.05 Å². The molecule has 2 N–H and O–H groups in total. The normalized spacial score (nSPS) is 11.6. The van der Waals surface area contributed by atoms with Crippen LogP contribution in [-0.4, -0.2) is 25.7 Å². The van der Waals surface area contributed by atoms with Crippen LogP contribution in [0.5, 0.6) is 5.75 Å². The molecule has 0 aliphatic carbocycles. The molecule has 0 saturated heterocycles. The quantitative estimate of drug-likeness (QED) is 0.563. The molecule has 0 saturated carbocycles. The Labute approximate surface area is 131 Å². The van der Waals surface area contributed by atoms with E-state index in [9.17, 15) is 15.0 Å². The second kappa shape index (κ2) is 4.46. The average molecular weight is 306 g/mol. The van der Waals surface area contributed by atoms with Crippen LogP contribution in [0.15, 0.2) is 36.5 Å². The summed E-state index contributed by atoms with van der Waals surface area (Å²) < 4.78 is 2.07. The molecule has 2 heterocycles. The van der Waals surface area contributed by atoms with E-state index in [0.717, 1.165) is 32.8 Å². The number of benzene rings is 2. The maximum atomic E-state index is 11.5. The number of rotatable bonds is 1. The lowest BCUT2D eigenvalue weighted by Crippen LogP contribution is -2.01. The predicted octanol–water partition coefficient (Wildman–Crippen LogP) is 3.59. The Morgan fingerprint density at radius 2 is 1.87 bits per heavy atom. The van der Waals surface area contributed by atoms with Crippen molar-refractivity contribution in [3.05, 3.63) is 47.8 Å². The van der Waals surface area contributed by atoms with Gasteiger partial charge in [0.05, 0.1) is 5.52 Å². The summed E-state index contributed by atoms with van der Waals surface area (Å²) in [6.45, 7) is 1.98. The summed E-state index contributed by atoms with van der Waals surface area (Å²) in [6, 6.07) is 8.92. The molecule has 0 fully saturated rings. The molecule has 0 aliphatic rings. The van der Waals surface area contributed by atoms with Gasteiger partial charge in [-0.15, -0.1) is 0 Å². The van der Waals surface area contributed by atoms with Crippen LogP contribution >= 0.6 is 0 Å². The molecule has 0 aliphatic heterocycles. The van der Waals surface area contributed by atoms with Crippen molar-refractivity contribution >= 4 is 38.5 Å². The molecular weight excluding hydrogens is 292 g/mol. The molecule has 5 heteroatoms. The van der Waals surface area contributed by atoms with Gasteiger partial charge < -0.3 is 14.8 Å². The lowest BCUT2D eigenvalue weighted by Gasteiger charge is -2.08. The number of hydrogen-bond donors (Lipinski definition) is 2. The monoisotopic (exact) mass is 306 g/mol. The minimum absolute atomic E-state index is 0.0460. The zero-order valence-electron chi connectivity index (χ0n) is 12.7. The Morgan fingerprint density at radius 3 is 2.61 bits per heavy atom. The van der Waals surface area contributed by atoms with E-state index < -0.39 is 5.97 Å². The van der Waals surface area contributed by atoms with Crippen LogP contribution in [0.2, 0.25) is 0 Å². The van der Waals surface area contributed by atoms with Crippen molar-refractivity contribution in [3.63, 3.8) is 0 Å². The summed E-state index contributed by atoms with van der Waals surface area (Å²) >= 11 is 0. The third kappa shape index (κ3) is 1.73. The number of carboxylic acids is 1. The molecule has 23 heavy (non-hydrogen) atoms. The molecular formula is C18H14N2O3. The fraction of sp³-hybridized carbons (Fsp3) is 0.111. The van der Waals surface area contributed by atoms with Crippen LogP contribution in [0.3, 0.4) is 0 Å². The van der Waals surface area contributed by atoms with E-state index in [1.54, 1.807) is 12.1 Å². The lowest BCUT2D eigenvalue weighted by atomic mass is 10.0. The Bertz CT molecular complexity index is 1130. The minimum Gasteiger partial charge on any atom is -0.508 e. The number of carbonyl (C=O) groups is 1. The van der Waals surface area contributed by atoms with Crippen molar-refractivity contribution in [2.45, 2.75) is 6.92 Å². The maximum Gasteiger partial charge on any atom is 0.355 e. The number of pyridine rings is 1. The number of hydrogen-bond acceptors (Lipinski definition) is 3. The third-order valence-electron chi connectivity index (χ3n) is 4.46. The first-order valence-electron chi connectivity index (χ1n) is 7.21. The summed E-state index contributed by atoms with van der Waals surface area (Å²) in [7, 11) is 1.97. The van der Waals surface area contributed by atoms with Gasteiger partial charge in [-0.2, -0.15) is 0 Å². The third-order valence-corrected chi connectivity index (χ3v) is 4.46. The number of aryl methyl sites for hydroxylation is 2. The smallest absolute Gasteiger partial charge is 0.355 e. The summed E-state index contributed by atoms with van der Waals surface area (Å²) in [5.41, 5.74) is 3.06. The van der Waals surface area contributed by atoms with Crippen molar-refractivity contribution in [2.24, 2.45) is 7.05 Å². The first kappa shape index (κ1) is 13.6. The highest BCUT2D eigenvalue weighted by molar-refractivity contribution is 6.17. The highest BCUT2D eigenvalue weighted by Gasteiger charge is 2.17. The standard InChI is InChI=1S/C18H14N2O3/c1-9-11-5-6-19-16(18(22)23)13(11)8-14-12-7-10(21)3-4-15(12)20(2)17(9)14/h3-8,21H,1-2H3,(H,22,23). The van der Waals surface area contributed by atoms with Gasteiger partial charge in [0.2, 0.25) is 0 Å². The summed E-state index contributed by atoms with van der Waals surface area (Å²) in [4.78, 5) is 15.5. The van der Waals surface area contributed by atoms with Gasteiger partial charge in [-0.1, -0.05) is 0 Å². The van der Waals surface area contributed by atoms with Gasteiger partial charge in [-0.3, -0.25) is 0 Å². The van der Waals surface area contributed by atoms with Gasteiger partial charge in [0.25, 0.3) is 0 Å². The summed E-state index contributed by atoms with van der Waals surface area (Å²) in [6.07, 6.45) is 1.53. The van der Waals surface area contributed by atoms with Crippen LogP contribution in [0.1, 0.15) is 16.1 Å². The number of nitrogens with zero attached hydrogens (tertiary/aromatic N) is 2. The van der Waals surface area contributed by atoms with Crippen molar-refractivity contribution in [3.8, 4) is 5.75 Å². The number of fused-ring (bicyclic) bond motifs is 4. The fourth-order valence-corrected chi connectivity index (χ4v) is 3.45. The minimum atomic E-state index is -1.04. The van der Waals surface area contributed by atoms with Gasteiger partial charge in [-0.25, -0.2) is 9.78 Å². The van der Waals surface area contributed by atoms with Crippen molar-refractivity contribution in [1.82, 2.24) is 9.55 Å². The fourth-order valence-electron chi connectivity index (χ4n) is 3.45. The van der Waals surface area contributed by atoms with Crippen molar-refractivity contribution < 1.29 is 15.0 Å². The second-order valence-corrected chi connectivity index (χ2v) is 5.72. The number of phenols is 1. The molecule has 0 atom stereocenters. The van der Waals surface area contributed by atoms with Crippen LogP contribution in [0.25, 0.3) is 32.6 Å². The molecule has 4 rings (SSSR count). The average Bonchev–Trinajstić information content (AvgIpc) is 2.79. The van der Waals surface area contributed by atoms with E-state index >= 15 is 0 Å². The Morgan fingerprint density at radius 1 is 1.09 bits per heavy atom. The number of aromatic carboxylic acids is 1. The first-order chi connectivity index (χ1) is 11.0.